The number of ether oxygens (including phenoxy) is 1. The molecule has 4 nitrogen and oxygen atoms in total. The first-order valence-corrected chi connectivity index (χ1v) is 12.0. The van der Waals surface area contributed by atoms with Gasteiger partial charge in [0.25, 0.3) is 0 Å². The predicted molar refractivity (Wildman–Crippen MR) is 134 cm³/mol. The van der Waals surface area contributed by atoms with Crippen molar-refractivity contribution in [3.8, 4) is 17.4 Å². The molecule has 174 valence electrons. The van der Waals surface area contributed by atoms with Gasteiger partial charge in [0.1, 0.15) is 11.3 Å². The Morgan fingerprint density at radius 1 is 1.00 bits per heavy atom. The van der Waals surface area contributed by atoms with Gasteiger partial charge in [-0.05, 0) is 29.7 Å². The molecule has 4 aromatic rings. The van der Waals surface area contributed by atoms with Gasteiger partial charge < -0.3 is 14.8 Å². The monoisotopic (exact) mass is 646 g/mol. The number of phenolic OH excluding ortho intramolecular Hbond substituents is 1. The molecule has 0 fully saturated rings. The number of rotatable bonds is 3. The summed E-state index contributed by atoms with van der Waals surface area (Å²) < 4.78 is 6.01. The molecule has 1 aromatic heterocycles. The Bertz CT molecular complexity index is 1420. The molecule has 0 radical (unpaired) electrons. The largest absolute Gasteiger partial charge is 0.506 e. The number of hydrogen-bond acceptors (Lipinski definition) is 5. The molecule has 2 aliphatic rings. The van der Waals surface area contributed by atoms with Crippen LogP contribution in [0.15, 0.2) is 77.8 Å². The molecule has 34 heavy (non-hydrogen) atoms. The number of phenols is 1. The number of aromatic nitrogens is 1. The van der Waals surface area contributed by atoms with E-state index in [1.54, 1.807) is 18.2 Å². The average molecular weight is 647 g/mol. The van der Waals surface area contributed by atoms with Crippen LogP contribution in [0.4, 0.5) is 0 Å². The van der Waals surface area contributed by atoms with E-state index >= 15 is 0 Å². The van der Waals surface area contributed by atoms with Crippen LogP contribution in [-0.4, -0.2) is 26.4 Å². The minimum Gasteiger partial charge on any atom is -0.506 e. The van der Waals surface area contributed by atoms with Gasteiger partial charge >= 0.3 is 0 Å². The van der Waals surface area contributed by atoms with E-state index in [2.05, 4.69) is 49.2 Å². The maximum atomic E-state index is 10.1. The van der Waals surface area contributed by atoms with Crippen molar-refractivity contribution in [2.45, 2.75) is 37.0 Å². The van der Waals surface area contributed by atoms with E-state index in [4.69, 9.17) is 9.73 Å². The van der Waals surface area contributed by atoms with Crippen LogP contribution < -0.4 is 4.74 Å². The van der Waals surface area contributed by atoms with Crippen molar-refractivity contribution in [1.82, 2.24) is 4.98 Å². The first-order valence-electron chi connectivity index (χ1n) is 11.1. The van der Waals surface area contributed by atoms with Crippen molar-refractivity contribution in [2.75, 3.05) is 0 Å². The number of pyridine rings is 1. The van der Waals surface area contributed by atoms with Gasteiger partial charge in [-0.2, -0.15) is 11.8 Å². The Kier molecular flexibility index (Phi) is 6.03. The number of fused-ring (bicyclic) bond motifs is 3. The van der Waals surface area contributed by atoms with E-state index in [9.17, 15) is 5.11 Å². The molecule has 0 bridgehead atoms. The molecule has 1 aliphatic carbocycles. The standard InChI is InChI=1S/C28H23N2O2S.Pt/c1-28(2)21-11-4-3-7-18(21)16-22-26(28)33-27(29-22)19-9-5-10-20(15-19)32-24-14-13-17-8-6-12-23(31)25(17)30-24;/h3-14,22,26,31H,16H2,1-2H3;/q-1;/t22-,26-;/m0./s1. The number of para-hydroxylation sites is 1. The maximum Gasteiger partial charge on any atom is 0.217 e. The average Bonchev–Trinajstić information content (AvgIpc) is 3.25. The SMILES string of the molecule is CC1(C)c2ccccc2C[C@@H]2N=C(c3[c-]c(Oc4ccc5cccc(O)c5n4)ccc3)S[C@@H]21.[Pt]. The van der Waals surface area contributed by atoms with Crippen LogP contribution in [0.25, 0.3) is 10.9 Å². The Morgan fingerprint density at radius 3 is 2.71 bits per heavy atom. The molecule has 3 aromatic carbocycles. The summed E-state index contributed by atoms with van der Waals surface area (Å²) in [7, 11) is 0. The number of nitrogens with zero attached hydrogens (tertiary/aromatic N) is 2. The van der Waals surface area contributed by atoms with Crippen molar-refractivity contribution < 1.29 is 30.9 Å². The molecule has 2 heterocycles. The van der Waals surface area contributed by atoms with E-state index in [0.29, 0.717) is 22.4 Å². The molecule has 1 N–H and O–H groups in total. The summed E-state index contributed by atoms with van der Waals surface area (Å²) in [6, 6.07) is 27.3. The molecular weight excluding hydrogens is 623 g/mol. The molecular formula is C28H23N2O2PtS-. The first-order chi connectivity index (χ1) is 16.0. The van der Waals surface area contributed by atoms with Crippen molar-refractivity contribution in [3.63, 3.8) is 0 Å². The third-order valence-electron chi connectivity index (χ3n) is 6.61. The molecule has 2 atom stereocenters. The van der Waals surface area contributed by atoms with Crippen LogP contribution in [-0.2, 0) is 32.9 Å². The normalized spacial score (nSPS) is 20.1. The van der Waals surface area contributed by atoms with Gasteiger partial charge in [0.05, 0.1) is 6.04 Å². The Labute approximate surface area is 217 Å². The van der Waals surface area contributed by atoms with Gasteiger partial charge in [-0.15, -0.1) is 23.8 Å². The van der Waals surface area contributed by atoms with Crippen molar-refractivity contribution in [3.05, 3.63) is 95.6 Å². The van der Waals surface area contributed by atoms with Gasteiger partial charge in [0, 0.05) is 54.0 Å². The molecule has 1 aliphatic heterocycles. The summed E-state index contributed by atoms with van der Waals surface area (Å²) in [5, 5.41) is 12.4. The number of benzene rings is 3. The number of hydrogen-bond donors (Lipinski definition) is 1. The summed E-state index contributed by atoms with van der Waals surface area (Å²) >= 11 is 1.85. The molecule has 6 heteroatoms. The summed E-state index contributed by atoms with van der Waals surface area (Å²) in [5.41, 5.74) is 4.34. The molecule has 0 spiro atoms. The first kappa shape index (κ1) is 23.1. The van der Waals surface area contributed by atoms with Crippen LogP contribution >= 0.6 is 11.8 Å². The zero-order chi connectivity index (χ0) is 22.6. The van der Waals surface area contributed by atoms with Crippen LogP contribution in [0.3, 0.4) is 0 Å². The summed E-state index contributed by atoms with van der Waals surface area (Å²) in [6.45, 7) is 4.66. The molecule has 0 saturated carbocycles. The molecule has 6 rings (SSSR count). The Morgan fingerprint density at radius 2 is 1.82 bits per heavy atom. The fourth-order valence-electron chi connectivity index (χ4n) is 4.98. The smallest absolute Gasteiger partial charge is 0.217 e. The van der Waals surface area contributed by atoms with Gasteiger partial charge in [-0.1, -0.05) is 56.3 Å². The van der Waals surface area contributed by atoms with Crippen molar-refractivity contribution in [1.29, 1.82) is 0 Å². The third kappa shape index (κ3) is 3.95. The second kappa shape index (κ2) is 8.87. The number of aromatic hydroxyl groups is 1. The summed E-state index contributed by atoms with van der Waals surface area (Å²) in [6.07, 6.45) is 0.974. The maximum absolute atomic E-state index is 10.1. The van der Waals surface area contributed by atoms with Crippen molar-refractivity contribution >= 4 is 27.7 Å². The van der Waals surface area contributed by atoms with Gasteiger partial charge in [-0.3, -0.25) is 0 Å². The fourth-order valence-corrected chi connectivity index (χ4v) is 6.40. The number of aliphatic imine (C=N–C) groups is 1. The Balaban J connectivity index is 0.00000241. The topological polar surface area (TPSA) is 54.7 Å². The fraction of sp³-hybridized carbons (Fsp3) is 0.214. The van der Waals surface area contributed by atoms with E-state index in [-0.39, 0.29) is 38.3 Å². The third-order valence-corrected chi connectivity index (χ3v) is 8.32. The zero-order valence-electron chi connectivity index (χ0n) is 18.8. The predicted octanol–water partition coefficient (Wildman–Crippen LogP) is 6.29. The summed E-state index contributed by atoms with van der Waals surface area (Å²) in [5.74, 6) is 1.14. The zero-order valence-corrected chi connectivity index (χ0v) is 21.9. The van der Waals surface area contributed by atoms with Gasteiger partial charge in [0.2, 0.25) is 5.88 Å². The van der Waals surface area contributed by atoms with Crippen LogP contribution in [0, 0.1) is 6.07 Å². The number of thioether (sulfide) groups is 1. The van der Waals surface area contributed by atoms with Crippen LogP contribution in [0.2, 0.25) is 0 Å². The van der Waals surface area contributed by atoms with Crippen molar-refractivity contribution in [2.24, 2.45) is 4.99 Å². The van der Waals surface area contributed by atoms with E-state index < -0.39 is 0 Å². The van der Waals surface area contributed by atoms with E-state index in [0.717, 1.165) is 22.4 Å². The second-order valence-corrected chi connectivity index (χ2v) is 10.3. The quantitative estimate of drug-likeness (QED) is 0.266. The van der Waals surface area contributed by atoms with Crippen LogP contribution in [0.1, 0.15) is 30.5 Å². The van der Waals surface area contributed by atoms with Crippen LogP contribution in [0.5, 0.6) is 17.4 Å². The van der Waals surface area contributed by atoms with E-state index in [1.165, 1.54) is 11.1 Å². The van der Waals surface area contributed by atoms with Gasteiger partial charge in [0.15, 0.2) is 0 Å². The minimum absolute atomic E-state index is 0. The minimum atomic E-state index is 0. The summed E-state index contributed by atoms with van der Waals surface area (Å²) in [4.78, 5) is 9.59. The Hall–Kier alpha value is -2.62. The molecule has 0 amide bonds. The van der Waals surface area contributed by atoms with Gasteiger partial charge in [-0.25, -0.2) is 4.98 Å². The second-order valence-electron chi connectivity index (χ2n) is 9.15. The van der Waals surface area contributed by atoms with E-state index in [1.807, 2.05) is 42.1 Å². The molecule has 0 unspecified atom stereocenters. The molecule has 0 saturated heterocycles.